The number of rotatable bonds is 3. The molecule has 0 aliphatic rings. The monoisotopic (exact) mass is 304 g/mol. The summed E-state index contributed by atoms with van der Waals surface area (Å²) in [6.45, 7) is 12.7. The van der Waals surface area contributed by atoms with Crippen LogP contribution >= 0.6 is 23.4 Å². The highest BCUT2D eigenvalue weighted by Crippen LogP contribution is 2.26. The number of hydrogen-bond acceptors (Lipinski definition) is 3. The van der Waals surface area contributed by atoms with Crippen molar-refractivity contribution in [3.63, 3.8) is 0 Å². The molecule has 1 aromatic rings. The van der Waals surface area contributed by atoms with Crippen molar-refractivity contribution in [3.8, 4) is 0 Å². The molecular weight excluding hydrogens is 284 g/mol. The van der Waals surface area contributed by atoms with Gasteiger partial charge < -0.3 is 0 Å². The van der Waals surface area contributed by atoms with Gasteiger partial charge in [0.1, 0.15) is 5.02 Å². The first-order valence-corrected chi connectivity index (χ1v) is 11.0. The highest BCUT2D eigenvalue weighted by atomic mass is 35.5. The van der Waals surface area contributed by atoms with Gasteiger partial charge in [-0.15, -0.1) is 11.8 Å². The first-order valence-electron chi connectivity index (χ1n) is 5.93. The number of nitrogens with zero attached hydrogens (tertiary/aromatic N) is 2. The molecule has 18 heavy (non-hydrogen) atoms. The van der Waals surface area contributed by atoms with Gasteiger partial charge in [-0.05, 0) is 26.1 Å². The standard InChI is InChI=1S/C12H21ClN2OSSi/c1-12(2,3)15-11(16)10(13)9(7-14-15)17-8-18(4,5)6/h7H,8H2,1-6H3. The third-order valence-electron chi connectivity index (χ3n) is 2.18. The van der Waals surface area contributed by atoms with Crippen LogP contribution in [0.3, 0.4) is 0 Å². The molecule has 0 N–H and O–H groups in total. The quantitative estimate of drug-likeness (QED) is 0.632. The third-order valence-corrected chi connectivity index (χ3v) is 7.32. The Kier molecular flexibility index (Phi) is 4.73. The van der Waals surface area contributed by atoms with Crippen molar-refractivity contribution < 1.29 is 0 Å². The zero-order chi connectivity index (χ0) is 14.1. The van der Waals surface area contributed by atoms with Crippen LogP contribution in [0.4, 0.5) is 0 Å². The molecule has 0 fully saturated rings. The predicted octanol–water partition coefficient (Wildman–Crippen LogP) is 3.62. The van der Waals surface area contributed by atoms with Crippen LogP contribution in [0, 0.1) is 0 Å². The molecule has 0 radical (unpaired) electrons. The van der Waals surface area contributed by atoms with E-state index in [0.717, 1.165) is 10.3 Å². The van der Waals surface area contributed by atoms with E-state index < -0.39 is 8.07 Å². The lowest BCUT2D eigenvalue weighted by molar-refractivity contribution is 0.336. The summed E-state index contributed by atoms with van der Waals surface area (Å²) in [6.07, 6.45) is 1.71. The molecule has 1 rings (SSSR count). The largest absolute Gasteiger partial charge is 0.287 e. The second kappa shape index (κ2) is 5.39. The molecular formula is C12H21ClN2OSSi. The Balaban J connectivity index is 3.06. The topological polar surface area (TPSA) is 34.9 Å². The van der Waals surface area contributed by atoms with E-state index in [1.807, 2.05) is 20.8 Å². The van der Waals surface area contributed by atoms with E-state index in [1.54, 1.807) is 18.0 Å². The minimum Gasteiger partial charge on any atom is -0.266 e. The average molecular weight is 305 g/mol. The van der Waals surface area contributed by atoms with E-state index in [2.05, 4.69) is 24.7 Å². The van der Waals surface area contributed by atoms with Crippen molar-refractivity contribution in [1.82, 2.24) is 9.78 Å². The third kappa shape index (κ3) is 4.14. The Morgan fingerprint density at radius 3 is 2.39 bits per heavy atom. The highest BCUT2D eigenvalue weighted by Gasteiger charge is 2.21. The lowest BCUT2D eigenvalue weighted by atomic mass is 10.1. The molecule has 0 atom stereocenters. The van der Waals surface area contributed by atoms with Crippen molar-refractivity contribution in [3.05, 3.63) is 21.6 Å². The average Bonchev–Trinajstić information content (AvgIpc) is 2.17. The van der Waals surface area contributed by atoms with E-state index in [4.69, 9.17) is 11.6 Å². The van der Waals surface area contributed by atoms with Crippen molar-refractivity contribution in [2.24, 2.45) is 0 Å². The smallest absolute Gasteiger partial charge is 0.266 e. The molecule has 3 nitrogen and oxygen atoms in total. The van der Waals surface area contributed by atoms with Gasteiger partial charge >= 0.3 is 0 Å². The Labute approximate surface area is 119 Å². The summed E-state index contributed by atoms with van der Waals surface area (Å²) in [5.74, 6) is 0. The van der Waals surface area contributed by atoms with Crippen LogP contribution in [0.5, 0.6) is 0 Å². The van der Waals surface area contributed by atoms with Crippen LogP contribution in [0.2, 0.25) is 24.7 Å². The molecule has 0 saturated heterocycles. The Hall–Kier alpha value is -0.263. The van der Waals surface area contributed by atoms with Gasteiger partial charge in [0.05, 0.1) is 24.7 Å². The van der Waals surface area contributed by atoms with Crippen molar-refractivity contribution >= 4 is 31.4 Å². The van der Waals surface area contributed by atoms with Crippen LogP contribution in [-0.2, 0) is 5.54 Å². The number of thioether (sulfide) groups is 1. The Morgan fingerprint density at radius 2 is 1.94 bits per heavy atom. The SMILES string of the molecule is CC(C)(C)n1ncc(SC[Si](C)(C)C)c(Cl)c1=O. The summed E-state index contributed by atoms with van der Waals surface area (Å²) in [5, 5.41) is 5.56. The minimum absolute atomic E-state index is 0.204. The lowest BCUT2D eigenvalue weighted by Gasteiger charge is -2.21. The minimum atomic E-state index is -1.16. The maximum Gasteiger partial charge on any atom is 0.287 e. The van der Waals surface area contributed by atoms with Crippen LogP contribution in [-0.4, -0.2) is 23.2 Å². The van der Waals surface area contributed by atoms with Crippen molar-refractivity contribution in [2.45, 2.75) is 50.8 Å². The van der Waals surface area contributed by atoms with E-state index in [1.165, 1.54) is 4.68 Å². The van der Waals surface area contributed by atoms with E-state index in [9.17, 15) is 4.79 Å². The molecule has 0 bridgehead atoms. The molecule has 1 heterocycles. The van der Waals surface area contributed by atoms with E-state index in [-0.39, 0.29) is 11.1 Å². The van der Waals surface area contributed by atoms with Crippen LogP contribution < -0.4 is 5.56 Å². The first-order chi connectivity index (χ1) is 8.02. The summed E-state index contributed by atoms with van der Waals surface area (Å²) >= 11 is 7.80. The summed E-state index contributed by atoms with van der Waals surface area (Å²) in [6, 6.07) is 0. The molecule has 0 aromatic carbocycles. The number of halogens is 1. The van der Waals surface area contributed by atoms with Crippen LogP contribution in [0.1, 0.15) is 20.8 Å². The second-order valence-corrected chi connectivity index (χ2v) is 13.9. The Bertz CT molecular complexity index is 488. The molecule has 102 valence electrons. The molecule has 0 spiro atoms. The van der Waals surface area contributed by atoms with Crippen molar-refractivity contribution in [1.29, 1.82) is 0 Å². The van der Waals surface area contributed by atoms with Crippen molar-refractivity contribution in [2.75, 3.05) is 5.38 Å². The fourth-order valence-electron chi connectivity index (χ4n) is 1.29. The summed E-state index contributed by atoms with van der Waals surface area (Å²) in [7, 11) is -1.16. The maximum absolute atomic E-state index is 12.1. The molecule has 0 aliphatic carbocycles. The van der Waals surface area contributed by atoms with Gasteiger partial charge in [0.25, 0.3) is 5.56 Å². The molecule has 0 amide bonds. The number of aromatic nitrogens is 2. The second-order valence-electron chi connectivity index (χ2n) is 6.56. The van der Waals surface area contributed by atoms with Crippen LogP contribution in [0.15, 0.2) is 15.9 Å². The fourth-order valence-corrected chi connectivity index (χ4v) is 4.27. The van der Waals surface area contributed by atoms with Gasteiger partial charge in [0.2, 0.25) is 0 Å². The van der Waals surface area contributed by atoms with Gasteiger partial charge in [0.15, 0.2) is 0 Å². The zero-order valence-electron chi connectivity index (χ0n) is 11.9. The zero-order valence-corrected chi connectivity index (χ0v) is 14.4. The normalized spacial score (nSPS) is 12.8. The molecule has 0 saturated carbocycles. The summed E-state index contributed by atoms with van der Waals surface area (Å²) in [5.41, 5.74) is -0.548. The van der Waals surface area contributed by atoms with Gasteiger partial charge in [-0.2, -0.15) is 5.10 Å². The Morgan fingerprint density at radius 1 is 1.39 bits per heavy atom. The lowest BCUT2D eigenvalue weighted by Crippen LogP contribution is -2.36. The molecule has 1 aromatic heterocycles. The maximum atomic E-state index is 12.1. The predicted molar refractivity (Wildman–Crippen MR) is 82.6 cm³/mol. The van der Waals surface area contributed by atoms with E-state index in [0.29, 0.717) is 5.02 Å². The fraction of sp³-hybridized carbons (Fsp3) is 0.667. The van der Waals surface area contributed by atoms with Crippen LogP contribution in [0.25, 0.3) is 0 Å². The molecule has 6 heteroatoms. The van der Waals surface area contributed by atoms with E-state index >= 15 is 0 Å². The van der Waals surface area contributed by atoms with Gasteiger partial charge in [-0.25, -0.2) is 4.68 Å². The van der Waals surface area contributed by atoms with Gasteiger partial charge in [-0.1, -0.05) is 31.2 Å². The van der Waals surface area contributed by atoms with Gasteiger partial charge in [0, 0.05) is 0 Å². The summed E-state index contributed by atoms with van der Waals surface area (Å²) < 4.78 is 1.44. The highest BCUT2D eigenvalue weighted by molar-refractivity contribution is 8.01. The molecule has 0 unspecified atom stereocenters. The number of hydrogen-bond donors (Lipinski definition) is 0. The molecule has 0 aliphatic heterocycles. The van der Waals surface area contributed by atoms with Gasteiger partial charge in [-0.3, -0.25) is 4.79 Å². The first kappa shape index (κ1) is 15.8. The summed E-state index contributed by atoms with van der Waals surface area (Å²) in [4.78, 5) is 12.9.